The van der Waals surface area contributed by atoms with E-state index in [2.05, 4.69) is 25.1 Å². The van der Waals surface area contributed by atoms with Crippen LogP contribution in [0, 0.1) is 0 Å². The molecule has 1 saturated heterocycles. The van der Waals surface area contributed by atoms with Gasteiger partial charge in [0, 0.05) is 58.6 Å². The van der Waals surface area contributed by atoms with Crippen molar-refractivity contribution in [1.29, 1.82) is 0 Å². The summed E-state index contributed by atoms with van der Waals surface area (Å²) in [6.45, 7) is 10.6. The van der Waals surface area contributed by atoms with Gasteiger partial charge in [-0.15, -0.1) is 0 Å². The Balaban J connectivity index is 1.46. The highest BCUT2D eigenvalue weighted by atomic mass is 16.6. The van der Waals surface area contributed by atoms with E-state index in [0.717, 1.165) is 50.8 Å². The lowest BCUT2D eigenvalue weighted by atomic mass is 10.2. The third-order valence-electron chi connectivity index (χ3n) is 5.02. The van der Waals surface area contributed by atoms with Gasteiger partial charge in [-0.2, -0.15) is 0 Å². The van der Waals surface area contributed by atoms with Crippen LogP contribution in [0.25, 0.3) is 0 Å². The van der Waals surface area contributed by atoms with Gasteiger partial charge in [0.05, 0.1) is 0 Å². The zero-order valence-corrected chi connectivity index (χ0v) is 18.1. The normalized spacial score (nSPS) is 17.9. The first-order chi connectivity index (χ1) is 13.9. The lowest BCUT2D eigenvalue weighted by Crippen LogP contribution is -2.53. The molecule has 2 fully saturated rings. The number of ether oxygens (including phenoxy) is 1. The molecular formula is C21H34N6O2. The Kier molecular flexibility index (Phi) is 6.82. The highest BCUT2D eigenvalue weighted by molar-refractivity contribution is 5.80. The summed E-state index contributed by atoms with van der Waals surface area (Å²) in [4.78, 5) is 27.8. The van der Waals surface area contributed by atoms with Crippen molar-refractivity contribution in [2.75, 3.05) is 51.2 Å². The first-order valence-corrected chi connectivity index (χ1v) is 10.5. The molecule has 160 valence electrons. The third-order valence-corrected chi connectivity index (χ3v) is 5.02. The molecule has 1 aliphatic carbocycles. The van der Waals surface area contributed by atoms with Crippen molar-refractivity contribution in [1.82, 2.24) is 20.1 Å². The zero-order valence-electron chi connectivity index (χ0n) is 18.1. The maximum atomic E-state index is 12.5. The van der Waals surface area contributed by atoms with Crippen molar-refractivity contribution >= 4 is 17.9 Å². The number of amides is 1. The van der Waals surface area contributed by atoms with Crippen LogP contribution in [0.4, 0.5) is 10.6 Å². The van der Waals surface area contributed by atoms with Gasteiger partial charge in [-0.1, -0.05) is 6.07 Å². The highest BCUT2D eigenvalue weighted by Gasteiger charge is 2.35. The largest absolute Gasteiger partial charge is 0.444 e. The topological polar surface area (TPSA) is 73.3 Å². The molecule has 1 aromatic heterocycles. The molecule has 1 aliphatic heterocycles. The van der Waals surface area contributed by atoms with Crippen LogP contribution in [-0.4, -0.2) is 84.8 Å². The molecule has 3 rings (SSSR count). The molecule has 0 aromatic carbocycles. The van der Waals surface area contributed by atoms with E-state index < -0.39 is 5.60 Å². The number of carbonyl (C=O) groups excluding carboxylic acids is 1. The summed E-state index contributed by atoms with van der Waals surface area (Å²) >= 11 is 0. The molecule has 0 radical (unpaired) electrons. The summed E-state index contributed by atoms with van der Waals surface area (Å²) in [5.74, 6) is 1.90. The first kappa shape index (κ1) is 21.2. The first-order valence-electron chi connectivity index (χ1n) is 10.5. The molecule has 2 aliphatic rings. The molecule has 2 heterocycles. The van der Waals surface area contributed by atoms with Gasteiger partial charge in [0.2, 0.25) is 0 Å². The summed E-state index contributed by atoms with van der Waals surface area (Å²) in [6.07, 6.45) is 3.73. The fraction of sp³-hybridized carbons (Fsp3) is 0.667. The molecule has 0 bridgehead atoms. The molecule has 1 amide bonds. The van der Waals surface area contributed by atoms with Crippen LogP contribution in [0.5, 0.6) is 0 Å². The van der Waals surface area contributed by atoms with E-state index in [-0.39, 0.29) is 6.09 Å². The Morgan fingerprint density at radius 2 is 2.00 bits per heavy atom. The summed E-state index contributed by atoms with van der Waals surface area (Å²) in [7, 11) is 1.81. The van der Waals surface area contributed by atoms with Crippen molar-refractivity contribution < 1.29 is 9.53 Å². The van der Waals surface area contributed by atoms with E-state index >= 15 is 0 Å². The maximum absolute atomic E-state index is 12.5. The minimum absolute atomic E-state index is 0.222. The summed E-state index contributed by atoms with van der Waals surface area (Å²) in [5.41, 5.74) is -0.471. The average molecular weight is 403 g/mol. The number of aromatic nitrogens is 1. The Morgan fingerprint density at radius 3 is 2.55 bits per heavy atom. The smallest absolute Gasteiger partial charge is 0.410 e. The Hall–Kier alpha value is -2.51. The Labute approximate surface area is 173 Å². The third kappa shape index (κ3) is 6.24. The number of carbonyl (C=O) groups is 1. The fourth-order valence-electron chi connectivity index (χ4n) is 3.44. The standard InChI is InChI=1S/C21H34N6O2/c1-21(2,3)29-20(28)27(17-8-9-17)12-11-24-19(22-4)26-15-13-25(14-16-26)18-7-5-6-10-23-18/h5-7,10,17H,8-9,11-16H2,1-4H3,(H,22,24). The van der Waals surface area contributed by atoms with Crippen LogP contribution in [0.3, 0.4) is 0 Å². The number of rotatable bonds is 5. The van der Waals surface area contributed by atoms with E-state index in [9.17, 15) is 4.79 Å². The molecule has 29 heavy (non-hydrogen) atoms. The zero-order chi connectivity index (χ0) is 20.9. The summed E-state index contributed by atoms with van der Waals surface area (Å²) in [6, 6.07) is 6.32. The van der Waals surface area contributed by atoms with Crippen LogP contribution in [0.15, 0.2) is 29.4 Å². The maximum Gasteiger partial charge on any atom is 0.410 e. The van der Waals surface area contributed by atoms with Gasteiger partial charge in [0.15, 0.2) is 5.96 Å². The number of anilines is 1. The second kappa shape index (κ2) is 9.33. The number of pyridine rings is 1. The number of piperazine rings is 1. The van der Waals surface area contributed by atoms with Gasteiger partial charge in [0.1, 0.15) is 11.4 Å². The molecule has 1 saturated carbocycles. The molecule has 1 aromatic rings. The van der Waals surface area contributed by atoms with Crippen molar-refractivity contribution in [3.63, 3.8) is 0 Å². The predicted octanol–water partition coefficient (Wildman–Crippen LogP) is 2.18. The molecular weight excluding hydrogens is 368 g/mol. The van der Waals surface area contributed by atoms with Gasteiger partial charge in [-0.3, -0.25) is 4.99 Å². The number of nitrogens with zero attached hydrogens (tertiary/aromatic N) is 5. The summed E-state index contributed by atoms with van der Waals surface area (Å²) < 4.78 is 5.56. The minimum atomic E-state index is -0.471. The van der Waals surface area contributed by atoms with Crippen LogP contribution >= 0.6 is 0 Å². The summed E-state index contributed by atoms with van der Waals surface area (Å²) in [5, 5.41) is 3.42. The number of hydrogen-bond donors (Lipinski definition) is 1. The van der Waals surface area contributed by atoms with Crippen LogP contribution in [0.2, 0.25) is 0 Å². The fourth-order valence-corrected chi connectivity index (χ4v) is 3.44. The molecule has 8 nitrogen and oxygen atoms in total. The van der Waals surface area contributed by atoms with E-state index in [0.29, 0.717) is 19.1 Å². The molecule has 0 unspecified atom stereocenters. The van der Waals surface area contributed by atoms with E-state index in [1.54, 1.807) is 7.05 Å². The quantitative estimate of drug-likeness (QED) is 0.601. The van der Waals surface area contributed by atoms with E-state index in [1.807, 2.05) is 50.1 Å². The van der Waals surface area contributed by atoms with Crippen LogP contribution < -0.4 is 10.2 Å². The van der Waals surface area contributed by atoms with E-state index in [1.165, 1.54) is 0 Å². The van der Waals surface area contributed by atoms with Gasteiger partial charge in [-0.05, 0) is 45.7 Å². The molecule has 8 heteroatoms. The lowest BCUT2D eigenvalue weighted by Gasteiger charge is -2.37. The molecule has 0 spiro atoms. The Bertz CT molecular complexity index is 691. The van der Waals surface area contributed by atoms with E-state index in [4.69, 9.17) is 4.74 Å². The molecule has 1 N–H and O–H groups in total. The van der Waals surface area contributed by atoms with Crippen molar-refractivity contribution in [2.45, 2.75) is 45.3 Å². The highest BCUT2D eigenvalue weighted by Crippen LogP contribution is 2.28. The average Bonchev–Trinajstić information content (AvgIpc) is 3.53. The van der Waals surface area contributed by atoms with Crippen molar-refractivity contribution in [3.8, 4) is 0 Å². The SMILES string of the molecule is CN=C(NCCN(C(=O)OC(C)(C)C)C1CC1)N1CCN(c2ccccn2)CC1. The monoisotopic (exact) mass is 402 g/mol. The second-order valence-electron chi connectivity index (χ2n) is 8.54. The van der Waals surface area contributed by atoms with Crippen LogP contribution in [0.1, 0.15) is 33.6 Å². The molecule has 0 atom stereocenters. The van der Waals surface area contributed by atoms with Gasteiger partial charge in [-0.25, -0.2) is 9.78 Å². The van der Waals surface area contributed by atoms with Gasteiger partial charge in [0.25, 0.3) is 0 Å². The number of nitrogens with one attached hydrogen (secondary N) is 1. The second-order valence-corrected chi connectivity index (χ2v) is 8.54. The predicted molar refractivity (Wildman–Crippen MR) is 115 cm³/mol. The lowest BCUT2D eigenvalue weighted by molar-refractivity contribution is 0.0237. The number of guanidine groups is 1. The number of aliphatic imine (C=N–C) groups is 1. The number of hydrogen-bond acceptors (Lipinski definition) is 5. The van der Waals surface area contributed by atoms with Gasteiger partial charge >= 0.3 is 6.09 Å². The van der Waals surface area contributed by atoms with Crippen molar-refractivity contribution in [2.24, 2.45) is 4.99 Å². The van der Waals surface area contributed by atoms with Gasteiger partial charge < -0.3 is 24.8 Å². The van der Waals surface area contributed by atoms with Crippen LogP contribution in [-0.2, 0) is 4.74 Å². The minimum Gasteiger partial charge on any atom is -0.444 e. The Morgan fingerprint density at radius 1 is 1.28 bits per heavy atom. The van der Waals surface area contributed by atoms with Crippen molar-refractivity contribution in [3.05, 3.63) is 24.4 Å².